The Morgan fingerprint density at radius 3 is 2.76 bits per heavy atom. The summed E-state index contributed by atoms with van der Waals surface area (Å²) in [5.41, 5.74) is 4.14. The van der Waals surface area contributed by atoms with Crippen molar-refractivity contribution >= 4 is 0 Å². The van der Waals surface area contributed by atoms with Crippen molar-refractivity contribution in [2.24, 2.45) is 0 Å². The molecular formula is C13H14N2O2. The lowest BCUT2D eigenvalue weighted by molar-refractivity contribution is -0.0473. The summed E-state index contributed by atoms with van der Waals surface area (Å²) in [5.74, 6) is 0. The van der Waals surface area contributed by atoms with Crippen molar-refractivity contribution < 1.29 is 9.47 Å². The predicted octanol–water partition coefficient (Wildman–Crippen LogP) is 2.43. The minimum Gasteiger partial charge on any atom is -0.345 e. The Labute approximate surface area is 99.6 Å². The van der Waals surface area contributed by atoms with Gasteiger partial charge in [0.05, 0.1) is 24.6 Å². The Balaban J connectivity index is 1.92. The van der Waals surface area contributed by atoms with Crippen molar-refractivity contribution in [2.75, 3.05) is 13.2 Å². The SMILES string of the molecule is Cc1ccccc1-c1cc(C2OCCO2)[nH]n1. The standard InChI is InChI=1S/C13H14N2O2/c1-9-4-2-3-5-10(9)11-8-12(15-14-11)13-16-6-7-17-13/h2-5,8,13H,6-7H2,1H3,(H,14,15). The van der Waals surface area contributed by atoms with Crippen LogP contribution in [0.4, 0.5) is 0 Å². The topological polar surface area (TPSA) is 47.1 Å². The first-order valence-corrected chi connectivity index (χ1v) is 5.69. The van der Waals surface area contributed by atoms with Crippen LogP contribution in [-0.4, -0.2) is 23.4 Å². The second kappa shape index (κ2) is 4.31. The van der Waals surface area contributed by atoms with Gasteiger partial charge in [-0.25, -0.2) is 0 Å². The quantitative estimate of drug-likeness (QED) is 0.861. The summed E-state index contributed by atoms with van der Waals surface area (Å²) in [7, 11) is 0. The average Bonchev–Trinajstić information content (AvgIpc) is 3.00. The van der Waals surface area contributed by atoms with Crippen LogP contribution in [0.3, 0.4) is 0 Å². The number of rotatable bonds is 2. The van der Waals surface area contributed by atoms with Crippen LogP contribution in [0.5, 0.6) is 0 Å². The summed E-state index contributed by atoms with van der Waals surface area (Å²) in [4.78, 5) is 0. The van der Waals surface area contributed by atoms with E-state index in [1.165, 1.54) is 5.56 Å². The molecule has 1 fully saturated rings. The zero-order chi connectivity index (χ0) is 11.7. The van der Waals surface area contributed by atoms with E-state index in [4.69, 9.17) is 9.47 Å². The van der Waals surface area contributed by atoms with Gasteiger partial charge in [0.15, 0.2) is 0 Å². The molecule has 0 bridgehead atoms. The summed E-state index contributed by atoms with van der Waals surface area (Å²) in [5, 5.41) is 7.28. The molecule has 0 saturated carbocycles. The lowest BCUT2D eigenvalue weighted by Gasteiger charge is -2.04. The molecule has 4 heteroatoms. The molecule has 2 aromatic rings. The summed E-state index contributed by atoms with van der Waals surface area (Å²) in [6.07, 6.45) is -0.291. The number of nitrogens with zero attached hydrogens (tertiary/aromatic N) is 1. The summed E-state index contributed by atoms with van der Waals surface area (Å²) >= 11 is 0. The van der Waals surface area contributed by atoms with E-state index in [0.717, 1.165) is 17.0 Å². The molecule has 17 heavy (non-hydrogen) atoms. The third-order valence-electron chi connectivity index (χ3n) is 2.89. The Hall–Kier alpha value is -1.65. The van der Waals surface area contributed by atoms with Gasteiger partial charge in [0, 0.05) is 5.56 Å². The van der Waals surface area contributed by atoms with E-state index in [1.54, 1.807) is 0 Å². The normalized spacial score (nSPS) is 16.5. The highest BCUT2D eigenvalue weighted by molar-refractivity contribution is 5.63. The average molecular weight is 230 g/mol. The molecule has 0 amide bonds. The van der Waals surface area contributed by atoms with Crippen LogP contribution in [0.1, 0.15) is 17.5 Å². The maximum absolute atomic E-state index is 5.42. The first kappa shape index (κ1) is 10.5. The maximum Gasteiger partial charge on any atom is 0.200 e. The first-order valence-electron chi connectivity index (χ1n) is 5.69. The molecule has 4 nitrogen and oxygen atoms in total. The molecule has 1 saturated heterocycles. The van der Waals surface area contributed by atoms with Crippen LogP contribution in [-0.2, 0) is 9.47 Å². The number of aromatic amines is 1. The zero-order valence-corrected chi connectivity index (χ0v) is 9.64. The number of ether oxygens (including phenoxy) is 2. The van der Waals surface area contributed by atoms with Gasteiger partial charge >= 0.3 is 0 Å². The van der Waals surface area contributed by atoms with Gasteiger partial charge in [-0.3, -0.25) is 5.10 Å². The third kappa shape index (κ3) is 1.97. The van der Waals surface area contributed by atoms with E-state index in [2.05, 4.69) is 29.3 Å². The molecule has 0 radical (unpaired) electrons. The molecule has 1 aliphatic rings. The lowest BCUT2D eigenvalue weighted by Crippen LogP contribution is -1.97. The van der Waals surface area contributed by atoms with Gasteiger partial charge in [-0.15, -0.1) is 0 Å². The van der Waals surface area contributed by atoms with Crippen LogP contribution in [0.2, 0.25) is 0 Å². The smallest absolute Gasteiger partial charge is 0.200 e. The van der Waals surface area contributed by atoms with Crippen LogP contribution < -0.4 is 0 Å². The van der Waals surface area contributed by atoms with Gasteiger partial charge in [0.1, 0.15) is 0 Å². The highest BCUT2D eigenvalue weighted by Gasteiger charge is 2.20. The molecule has 88 valence electrons. The van der Waals surface area contributed by atoms with Gasteiger partial charge in [-0.2, -0.15) is 5.10 Å². The Morgan fingerprint density at radius 2 is 2.00 bits per heavy atom. The fraction of sp³-hybridized carbons (Fsp3) is 0.308. The molecule has 1 aromatic heterocycles. The first-order chi connectivity index (χ1) is 8.34. The van der Waals surface area contributed by atoms with E-state index in [1.807, 2.05) is 18.2 Å². The summed E-state index contributed by atoms with van der Waals surface area (Å²) < 4.78 is 10.8. The monoisotopic (exact) mass is 230 g/mol. The minimum absolute atomic E-state index is 0.291. The molecule has 0 spiro atoms. The number of H-pyrrole nitrogens is 1. The molecule has 2 heterocycles. The summed E-state index contributed by atoms with van der Waals surface area (Å²) in [6, 6.07) is 10.2. The van der Waals surface area contributed by atoms with Crippen molar-refractivity contribution in [2.45, 2.75) is 13.2 Å². The number of hydrogen-bond acceptors (Lipinski definition) is 3. The predicted molar refractivity (Wildman–Crippen MR) is 63.4 cm³/mol. The highest BCUT2D eigenvalue weighted by atomic mass is 16.7. The molecule has 0 aliphatic carbocycles. The number of nitrogens with one attached hydrogen (secondary N) is 1. The van der Waals surface area contributed by atoms with Gasteiger partial charge in [0.25, 0.3) is 0 Å². The van der Waals surface area contributed by atoms with Crippen LogP contribution in [0, 0.1) is 6.92 Å². The van der Waals surface area contributed by atoms with Crippen molar-refractivity contribution in [3.63, 3.8) is 0 Å². The van der Waals surface area contributed by atoms with Crippen LogP contribution >= 0.6 is 0 Å². The Morgan fingerprint density at radius 1 is 1.24 bits per heavy atom. The molecule has 3 rings (SSSR count). The maximum atomic E-state index is 5.42. The second-order valence-electron chi connectivity index (χ2n) is 4.10. The van der Waals surface area contributed by atoms with Gasteiger partial charge in [0.2, 0.25) is 6.29 Å². The van der Waals surface area contributed by atoms with E-state index >= 15 is 0 Å². The second-order valence-corrected chi connectivity index (χ2v) is 4.10. The molecular weight excluding hydrogens is 216 g/mol. The molecule has 1 aromatic carbocycles. The van der Waals surface area contributed by atoms with Gasteiger partial charge < -0.3 is 9.47 Å². The highest BCUT2D eigenvalue weighted by Crippen LogP contribution is 2.27. The minimum atomic E-state index is -0.291. The molecule has 1 aliphatic heterocycles. The number of aryl methyl sites for hydroxylation is 1. The number of hydrogen-bond donors (Lipinski definition) is 1. The van der Waals surface area contributed by atoms with E-state index in [-0.39, 0.29) is 6.29 Å². The van der Waals surface area contributed by atoms with E-state index in [9.17, 15) is 0 Å². The molecule has 0 unspecified atom stereocenters. The van der Waals surface area contributed by atoms with Crippen molar-refractivity contribution in [1.82, 2.24) is 10.2 Å². The van der Waals surface area contributed by atoms with Gasteiger partial charge in [-0.1, -0.05) is 24.3 Å². The third-order valence-corrected chi connectivity index (χ3v) is 2.89. The lowest BCUT2D eigenvalue weighted by atomic mass is 10.1. The fourth-order valence-corrected chi connectivity index (χ4v) is 1.99. The van der Waals surface area contributed by atoms with Crippen molar-refractivity contribution in [3.8, 4) is 11.3 Å². The van der Waals surface area contributed by atoms with Crippen molar-refractivity contribution in [1.29, 1.82) is 0 Å². The fourth-order valence-electron chi connectivity index (χ4n) is 1.99. The van der Waals surface area contributed by atoms with Crippen LogP contribution in [0.15, 0.2) is 30.3 Å². The zero-order valence-electron chi connectivity index (χ0n) is 9.64. The van der Waals surface area contributed by atoms with Crippen molar-refractivity contribution in [3.05, 3.63) is 41.6 Å². The largest absolute Gasteiger partial charge is 0.345 e. The number of benzene rings is 1. The molecule has 1 N–H and O–H groups in total. The van der Waals surface area contributed by atoms with E-state index < -0.39 is 0 Å². The Bertz CT molecular complexity index is 516. The number of aromatic nitrogens is 2. The Kier molecular flexibility index (Phi) is 2.66. The van der Waals surface area contributed by atoms with Gasteiger partial charge in [-0.05, 0) is 18.6 Å². The summed E-state index contributed by atoms with van der Waals surface area (Å²) in [6.45, 7) is 3.36. The van der Waals surface area contributed by atoms with Crippen LogP contribution in [0.25, 0.3) is 11.3 Å². The van der Waals surface area contributed by atoms with E-state index in [0.29, 0.717) is 13.2 Å². The molecule has 0 atom stereocenters.